The van der Waals surface area contributed by atoms with Crippen LogP contribution in [0, 0.1) is 0 Å². The van der Waals surface area contributed by atoms with Crippen molar-refractivity contribution in [3.8, 4) is 0 Å². The molecule has 2 nitrogen and oxygen atoms in total. The minimum absolute atomic E-state index is 0.674. The van der Waals surface area contributed by atoms with Gasteiger partial charge in [0.2, 0.25) is 0 Å². The third kappa shape index (κ3) is 0.597. The number of rotatable bonds is 0. The van der Waals surface area contributed by atoms with Crippen LogP contribution in [0.5, 0.6) is 0 Å². The van der Waals surface area contributed by atoms with Crippen molar-refractivity contribution < 1.29 is 5.11 Å². The highest BCUT2D eigenvalue weighted by Gasteiger charge is 2.37. The van der Waals surface area contributed by atoms with E-state index in [9.17, 15) is 5.11 Å². The summed E-state index contributed by atoms with van der Waals surface area (Å²) in [6, 6.07) is 0. The molecule has 2 N–H and O–H groups in total. The SMILES string of the molecule is NC1([O])CC1. The summed E-state index contributed by atoms with van der Waals surface area (Å²) < 4.78 is 0. The maximum absolute atomic E-state index is 9.99. The first-order valence-corrected chi connectivity index (χ1v) is 1.70. The van der Waals surface area contributed by atoms with Gasteiger partial charge < -0.3 is 5.73 Å². The molecule has 2 heteroatoms. The molecule has 1 radical (unpaired) electrons. The van der Waals surface area contributed by atoms with Gasteiger partial charge in [0.1, 0.15) is 0 Å². The summed E-state index contributed by atoms with van der Waals surface area (Å²) >= 11 is 0. The second-order valence-corrected chi connectivity index (χ2v) is 1.56. The second kappa shape index (κ2) is 0.533. The maximum Gasteiger partial charge on any atom is 0.152 e. The number of hydrogen-bond donors (Lipinski definition) is 1. The Morgan fingerprint density at radius 3 is 1.80 bits per heavy atom. The van der Waals surface area contributed by atoms with Gasteiger partial charge in [0.05, 0.1) is 0 Å². The molecule has 1 aliphatic rings. The van der Waals surface area contributed by atoms with E-state index in [4.69, 9.17) is 5.73 Å². The Bertz CT molecular complexity index is 44.9. The maximum atomic E-state index is 9.99. The van der Waals surface area contributed by atoms with E-state index in [0.29, 0.717) is 12.8 Å². The number of nitrogens with two attached hydrogens (primary N) is 1. The van der Waals surface area contributed by atoms with Crippen LogP contribution in [0.3, 0.4) is 0 Å². The zero-order valence-corrected chi connectivity index (χ0v) is 2.90. The molecule has 0 heterocycles. The monoisotopic (exact) mass is 72.0 g/mol. The summed E-state index contributed by atoms with van der Waals surface area (Å²) in [6.07, 6.45) is 1.35. The van der Waals surface area contributed by atoms with Crippen molar-refractivity contribution >= 4 is 0 Å². The van der Waals surface area contributed by atoms with E-state index in [1.807, 2.05) is 0 Å². The third-order valence-electron chi connectivity index (χ3n) is 0.743. The van der Waals surface area contributed by atoms with Crippen LogP contribution in [0.1, 0.15) is 12.8 Å². The predicted octanol–water partition coefficient (Wildman–Crippen LogP) is -0.134. The van der Waals surface area contributed by atoms with Gasteiger partial charge in [0.15, 0.2) is 5.72 Å². The molecule has 0 atom stereocenters. The first kappa shape index (κ1) is 3.12. The van der Waals surface area contributed by atoms with Crippen LogP contribution in [-0.4, -0.2) is 5.72 Å². The second-order valence-electron chi connectivity index (χ2n) is 1.56. The fourth-order valence-corrected chi connectivity index (χ4v) is 0.123. The minimum Gasteiger partial charge on any atom is -0.301 e. The first-order valence-electron chi connectivity index (χ1n) is 1.70. The molecule has 0 amide bonds. The van der Waals surface area contributed by atoms with Crippen molar-refractivity contribution in [2.24, 2.45) is 5.73 Å². The number of hydrogen-bond acceptors (Lipinski definition) is 1. The minimum atomic E-state index is -1.00. The van der Waals surface area contributed by atoms with Gasteiger partial charge in [0.25, 0.3) is 0 Å². The van der Waals surface area contributed by atoms with Gasteiger partial charge in [-0.25, -0.2) is 5.11 Å². The molecule has 1 rings (SSSR count). The quantitative estimate of drug-likeness (QED) is 0.398. The lowest BCUT2D eigenvalue weighted by atomic mass is 10.7. The highest BCUT2D eigenvalue weighted by atomic mass is 16.3. The summed E-state index contributed by atoms with van der Waals surface area (Å²) in [6.45, 7) is 0. The van der Waals surface area contributed by atoms with Gasteiger partial charge >= 0.3 is 0 Å². The molecule has 0 aliphatic heterocycles. The molecule has 1 aliphatic carbocycles. The smallest absolute Gasteiger partial charge is 0.152 e. The summed E-state index contributed by atoms with van der Waals surface area (Å²) in [5.74, 6) is 0. The predicted molar refractivity (Wildman–Crippen MR) is 16.8 cm³/mol. The summed E-state index contributed by atoms with van der Waals surface area (Å²) in [7, 11) is 0. The van der Waals surface area contributed by atoms with Gasteiger partial charge in [-0.3, -0.25) is 0 Å². The normalized spacial score (nSPS) is 30.0. The fraction of sp³-hybridized carbons (Fsp3) is 1.00. The van der Waals surface area contributed by atoms with Crippen molar-refractivity contribution in [2.75, 3.05) is 0 Å². The topological polar surface area (TPSA) is 45.9 Å². The van der Waals surface area contributed by atoms with Crippen molar-refractivity contribution in [1.82, 2.24) is 0 Å². The molecule has 0 unspecified atom stereocenters. The van der Waals surface area contributed by atoms with E-state index in [-0.39, 0.29) is 0 Å². The molecule has 29 valence electrons. The standard InChI is InChI=1S/C3H6NO/c4-3(5)1-2-3/h1-2,4H2. The lowest BCUT2D eigenvalue weighted by molar-refractivity contribution is 0.0710. The van der Waals surface area contributed by atoms with Crippen molar-refractivity contribution in [3.63, 3.8) is 0 Å². The Kier molecular flexibility index (Phi) is 0.333. The van der Waals surface area contributed by atoms with Crippen molar-refractivity contribution in [2.45, 2.75) is 18.6 Å². The molecule has 0 bridgehead atoms. The molecule has 5 heavy (non-hydrogen) atoms. The zero-order chi connectivity index (χ0) is 3.91. The van der Waals surface area contributed by atoms with E-state index in [1.165, 1.54) is 0 Å². The molecule has 0 aromatic heterocycles. The fourth-order valence-electron chi connectivity index (χ4n) is 0.123. The Labute approximate surface area is 30.6 Å². The Hall–Kier alpha value is -0.0800. The molecule has 1 fully saturated rings. The Balaban J connectivity index is 2.38. The van der Waals surface area contributed by atoms with Crippen LogP contribution in [0.4, 0.5) is 0 Å². The average Bonchev–Trinajstić information content (AvgIpc) is 1.76. The molecular weight excluding hydrogens is 66.0 g/mol. The van der Waals surface area contributed by atoms with Gasteiger partial charge in [-0.1, -0.05) is 0 Å². The summed E-state index contributed by atoms with van der Waals surface area (Å²) in [5, 5.41) is 9.99. The van der Waals surface area contributed by atoms with Crippen LogP contribution in [0.15, 0.2) is 0 Å². The molecule has 1 saturated carbocycles. The van der Waals surface area contributed by atoms with Crippen molar-refractivity contribution in [1.29, 1.82) is 0 Å². The summed E-state index contributed by atoms with van der Waals surface area (Å²) in [5.41, 5.74) is 3.91. The average molecular weight is 72.1 g/mol. The van der Waals surface area contributed by atoms with Gasteiger partial charge in [0, 0.05) is 0 Å². The van der Waals surface area contributed by atoms with E-state index in [0.717, 1.165) is 0 Å². The van der Waals surface area contributed by atoms with Crippen LogP contribution >= 0.6 is 0 Å². The van der Waals surface area contributed by atoms with Crippen molar-refractivity contribution in [3.05, 3.63) is 0 Å². The van der Waals surface area contributed by atoms with E-state index in [1.54, 1.807) is 0 Å². The largest absolute Gasteiger partial charge is 0.301 e. The van der Waals surface area contributed by atoms with Crippen LogP contribution in [0.2, 0.25) is 0 Å². The van der Waals surface area contributed by atoms with Crippen LogP contribution in [0.25, 0.3) is 0 Å². The molecule has 0 aromatic carbocycles. The Morgan fingerprint density at radius 2 is 1.80 bits per heavy atom. The highest BCUT2D eigenvalue weighted by molar-refractivity contribution is 4.85. The van der Waals surface area contributed by atoms with Gasteiger partial charge in [-0.2, -0.15) is 0 Å². The van der Waals surface area contributed by atoms with E-state index in [2.05, 4.69) is 0 Å². The summed E-state index contributed by atoms with van der Waals surface area (Å²) in [4.78, 5) is 0. The molecule has 0 spiro atoms. The molecular formula is C3H6NO. The lowest BCUT2D eigenvalue weighted by Gasteiger charge is -1.83. The van der Waals surface area contributed by atoms with Crippen LogP contribution < -0.4 is 5.73 Å². The van der Waals surface area contributed by atoms with Gasteiger partial charge in [-0.15, -0.1) is 0 Å². The molecule has 0 saturated heterocycles. The first-order chi connectivity index (χ1) is 2.21. The highest BCUT2D eigenvalue weighted by Crippen LogP contribution is 2.28. The zero-order valence-electron chi connectivity index (χ0n) is 2.90. The van der Waals surface area contributed by atoms with Crippen LogP contribution in [-0.2, 0) is 5.11 Å². The van der Waals surface area contributed by atoms with E-state index >= 15 is 0 Å². The van der Waals surface area contributed by atoms with E-state index < -0.39 is 5.72 Å². The third-order valence-corrected chi connectivity index (χ3v) is 0.743. The Morgan fingerprint density at radius 1 is 1.60 bits per heavy atom. The lowest BCUT2D eigenvalue weighted by Crippen LogP contribution is -2.17. The molecule has 0 aromatic rings. The van der Waals surface area contributed by atoms with Gasteiger partial charge in [-0.05, 0) is 12.8 Å².